The van der Waals surface area contributed by atoms with Crippen LogP contribution in [0.3, 0.4) is 0 Å². The van der Waals surface area contributed by atoms with Crippen LogP contribution in [0.2, 0.25) is 0 Å². The number of anilines is 2. The molecule has 0 aliphatic rings. The summed E-state index contributed by atoms with van der Waals surface area (Å²) in [6, 6.07) is 11.3. The molecule has 0 spiro atoms. The van der Waals surface area contributed by atoms with E-state index in [4.69, 9.17) is 0 Å². The molecule has 0 bridgehead atoms. The van der Waals surface area contributed by atoms with Gasteiger partial charge in [-0.2, -0.15) is 0 Å². The van der Waals surface area contributed by atoms with Gasteiger partial charge in [0.15, 0.2) is 0 Å². The second-order valence-corrected chi connectivity index (χ2v) is 6.18. The fourth-order valence-corrected chi connectivity index (χ4v) is 2.46. The molecule has 6 nitrogen and oxygen atoms in total. The molecule has 0 saturated carbocycles. The molecule has 2 aromatic heterocycles. The van der Waals surface area contributed by atoms with E-state index in [0.717, 1.165) is 22.5 Å². The Hall–Kier alpha value is -3.28. The minimum absolute atomic E-state index is 0.259. The van der Waals surface area contributed by atoms with Gasteiger partial charge >= 0.3 is 0 Å². The van der Waals surface area contributed by atoms with Crippen molar-refractivity contribution in [2.45, 2.75) is 27.3 Å². The van der Waals surface area contributed by atoms with Crippen molar-refractivity contribution in [2.24, 2.45) is 0 Å². The highest BCUT2D eigenvalue weighted by Gasteiger charge is 2.11. The number of amides is 1. The Morgan fingerprint density at radius 1 is 0.962 bits per heavy atom. The minimum Gasteiger partial charge on any atom is -0.350 e. The molecule has 3 aromatic rings. The maximum absolute atomic E-state index is 12.6. The van der Waals surface area contributed by atoms with Gasteiger partial charge in [0, 0.05) is 30.3 Å². The van der Waals surface area contributed by atoms with Crippen molar-refractivity contribution in [3.63, 3.8) is 0 Å². The maximum Gasteiger partial charge on any atom is 0.274 e. The molecule has 1 aromatic carbocycles. The van der Waals surface area contributed by atoms with Crippen LogP contribution < -0.4 is 10.6 Å². The number of benzene rings is 1. The molecule has 0 saturated heterocycles. The summed E-state index contributed by atoms with van der Waals surface area (Å²) in [7, 11) is 0. The molecular weight excluding hydrogens is 326 g/mol. The molecule has 2 N–H and O–H groups in total. The van der Waals surface area contributed by atoms with Gasteiger partial charge in [-0.05, 0) is 67.8 Å². The zero-order valence-corrected chi connectivity index (χ0v) is 15.1. The summed E-state index contributed by atoms with van der Waals surface area (Å²) in [5.74, 6) is 0.165. The number of nitrogens with zero attached hydrogens (tertiary/aromatic N) is 3. The predicted octanol–water partition coefficient (Wildman–Crippen LogP) is 3.66. The second kappa shape index (κ2) is 7.74. The number of carbonyl (C=O) groups excluding carboxylic acids is 1. The van der Waals surface area contributed by atoms with Gasteiger partial charge in [-0.1, -0.05) is 6.07 Å². The molecular formula is C20H21N5O. The van der Waals surface area contributed by atoms with Crippen molar-refractivity contribution in [1.82, 2.24) is 15.0 Å². The first-order valence-electron chi connectivity index (χ1n) is 8.38. The van der Waals surface area contributed by atoms with Crippen LogP contribution in [0.25, 0.3) is 0 Å². The zero-order valence-electron chi connectivity index (χ0n) is 15.1. The summed E-state index contributed by atoms with van der Waals surface area (Å²) in [5.41, 5.74) is 5.17. The molecule has 0 unspecified atom stereocenters. The van der Waals surface area contributed by atoms with Gasteiger partial charge in [0.05, 0.1) is 0 Å². The van der Waals surface area contributed by atoms with Crippen molar-refractivity contribution < 1.29 is 4.79 Å². The van der Waals surface area contributed by atoms with E-state index >= 15 is 0 Å². The molecule has 0 atom stereocenters. The summed E-state index contributed by atoms with van der Waals surface area (Å²) in [6.07, 6.45) is 3.47. The smallest absolute Gasteiger partial charge is 0.274 e. The number of nitrogens with one attached hydrogen (secondary N) is 2. The average Bonchev–Trinajstić information content (AvgIpc) is 2.63. The highest BCUT2D eigenvalue weighted by atomic mass is 16.1. The van der Waals surface area contributed by atoms with Gasteiger partial charge < -0.3 is 10.6 Å². The molecule has 0 fully saturated rings. The Morgan fingerprint density at radius 3 is 2.46 bits per heavy atom. The summed E-state index contributed by atoms with van der Waals surface area (Å²) >= 11 is 0. The quantitative estimate of drug-likeness (QED) is 0.736. The van der Waals surface area contributed by atoms with Gasteiger partial charge in [0.1, 0.15) is 5.69 Å². The lowest BCUT2D eigenvalue weighted by Crippen LogP contribution is -2.16. The van der Waals surface area contributed by atoms with E-state index in [2.05, 4.69) is 25.6 Å². The molecule has 1 amide bonds. The third-order valence-electron chi connectivity index (χ3n) is 4.05. The third kappa shape index (κ3) is 4.42. The second-order valence-electron chi connectivity index (χ2n) is 6.18. The maximum atomic E-state index is 12.6. The van der Waals surface area contributed by atoms with Crippen LogP contribution >= 0.6 is 0 Å². The van der Waals surface area contributed by atoms with Crippen LogP contribution in [-0.4, -0.2) is 20.9 Å². The molecule has 0 radical (unpaired) electrons. The van der Waals surface area contributed by atoms with E-state index in [1.165, 1.54) is 5.56 Å². The number of hydrogen-bond donors (Lipinski definition) is 2. The first-order chi connectivity index (χ1) is 12.5. The number of rotatable bonds is 5. The monoisotopic (exact) mass is 347 g/mol. The highest BCUT2D eigenvalue weighted by Crippen LogP contribution is 2.15. The number of aryl methyl sites for hydroxylation is 3. The molecule has 0 aliphatic heterocycles. The largest absolute Gasteiger partial charge is 0.350 e. The standard InChI is InChI=1S/C20H21N5O/c1-13-4-5-17(10-14(13)2)24-19(26)18-11-15(3)23-20(25-18)22-12-16-6-8-21-9-7-16/h4-11H,12H2,1-3H3,(H,24,26)(H,22,23,25). The van der Waals surface area contributed by atoms with Gasteiger partial charge in [0.2, 0.25) is 5.95 Å². The fourth-order valence-electron chi connectivity index (χ4n) is 2.46. The van der Waals surface area contributed by atoms with Crippen LogP contribution in [0.15, 0.2) is 48.8 Å². The normalized spacial score (nSPS) is 10.4. The molecule has 26 heavy (non-hydrogen) atoms. The lowest BCUT2D eigenvalue weighted by atomic mass is 10.1. The predicted molar refractivity (Wildman–Crippen MR) is 102 cm³/mol. The van der Waals surface area contributed by atoms with Gasteiger partial charge in [-0.25, -0.2) is 9.97 Å². The van der Waals surface area contributed by atoms with Crippen LogP contribution in [0.4, 0.5) is 11.6 Å². The van der Waals surface area contributed by atoms with E-state index in [0.29, 0.717) is 18.2 Å². The zero-order chi connectivity index (χ0) is 18.5. The number of aromatic nitrogens is 3. The van der Waals surface area contributed by atoms with E-state index in [1.54, 1.807) is 18.5 Å². The highest BCUT2D eigenvalue weighted by molar-refractivity contribution is 6.03. The van der Waals surface area contributed by atoms with Gasteiger partial charge in [0.25, 0.3) is 5.91 Å². The van der Waals surface area contributed by atoms with Crippen molar-refractivity contribution in [3.8, 4) is 0 Å². The minimum atomic E-state index is -0.259. The summed E-state index contributed by atoms with van der Waals surface area (Å²) in [4.78, 5) is 25.2. The van der Waals surface area contributed by atoms with E-state index in [-0.39, 0.29) is 5.91 Å². The Bertz CT molecular complexity index is 925. The Kier molecular flexibility index (Phi) is 5.22. The van der Waals surface area contributed by atoms with E-state index < -0.39 is 0 Å². The molecule has 3 rings (SSSR count). The van der Waals surface area contributed by atoms with Crippen LogP contribution in [-0.2, 0) is 6.54 Å². The first kappa shape index (κ1) is 17.5. The molecule has 6 heteroatoms. The average molecular weight is 347 g/mol. The summed E-state index contributed by atoms with van der Waals surface area (Å²) in [5, 5.41) is 6.04. The topological polar surface area (TPSA) is 79.8 Å². The van der Waals surface area contributed by atoms with Crippen LogP contribution in [0, 0.1) is 20.8 Å². The van der Waals surface area contributed by atoms with Crippen LogP contribution in [0.5, 0.6) is 0 Å². The van der Waals surface area contributed by atoms with Gasteiger partial charge in [-0.3, -0.25) is 9.78 Å². The molecule has 132 valence electrons. The number of hydrogen-bond acceptors (Lipinski definition) is 5. The van der Waals surface area contributed by atoms with E-state index in [1.807, 2.05) is 51.1 Å². The first-order valence-corrected chi connectivity index (χ1v) is 8.38. The van der Waals surface area contributed by atoms with Gasteiger partial charge in [-0.15, -0.1) is 0 Å². The third-order valence-corrected chi connectivity index (χ3v) is 4.05. The fraction of sp³-hybridized carbons (Fsp3) is 0.200. The van der Waals surface area contributed by atoms with Crippen molar-refractivity contribution >= 4 is 17.5 Å². The van der Waals surface area contributed by atoms with Crippen LogP contribution in [0.1, 0.15) is 32.9 Å². The van der Waals surface area contributed by atoms with Crippen molar-refractivity contribution in [2.75, 3.05) is 10.6 Å². The Balaban J connectivity index is 1.73. The molecule has 0 aliphatic carbocycles. The summed E-state index contributed by atoms with van der Waals surface area (Å²) < 4.78 is 0. The Morgan fingerprint density at radius 2 is 1.73 bits per heavy atom. The lowest BCUT2D eigenvalue weighted by molar-refractivity contribution is 0.102. The van der Waals surface area contributed by atoms with Crippen molar-refractivity contribution in [3.05, 3.63) is 76.9 Å². The SMILES string of the molecule is Cc1cc(C(=O)Nc2ccc(C)c(C)c2)nc(NCc2ccncc2)n1. The molecule has 2 heterocycles. The number of carbonyl (C=O) groups is 1. The van der Waals surface area contributed by atoms with Crippen molar-refractivity contribution in [1.29, 1.82) is 0 Å². The lowest BCUT2D eigenvalue weighted by Gasteiger charge is -2.10. The number of pyridine rings is 1. The van der Waals surface area contributed by atoms with E-state index in [9.17, 15) is 4.79 Å². The summed E-state index contributed by atoms with van der Waals surface area (Å²) in [6.45, 7) is 6.45. The Labute approximate surface area is 152 Å².